The number of anilines is 1. The normalized spacial score (nSPS) is 14.0. The minimum absolute atomic E-state index is 0.0452. The van der Waals surface area contributed by atoms with Gasteiger partial charge in [-0.05, 0) is 60.4 Å². The molecule has 0 heterocycles. The van der Waals surface area contributed by atoms with E-state index in [2.05, 4.69) is 5.32 Å². The smallest absolute Gasteiger partial charge is 0.264 e. The summed E-state index contributed by atoms with van der Waals surface area (Å²) in [6.45, 7) is -0.410. The van der Waals surface area contributed by atoms with Gasteiger partial charge in [-0.25, -0.2) is 8.42 Å². The third kappa shape index (κ3) is 8.10. The van der Waals surface area contributed by atoms with Gasteiger partial charge in [0.1, 0.15) is 18.3 Å². The fraction of sp³-hybridized carbons (Fsp3) is 0.278. The molecule has 0 bridgehead atoms. The van der Waals surface area contributed by atoms with Gasteiger partial charge in [-0.3, -0.25) is 13.9 Å². The number of ether oxygens (including phenoxy) is 1. The zero-order chi connectivity index (χ0) is 31.6. The quantitative estimate of drug-likeness (QED) is 0.209. The molecule has 4 aromatic carbocycles. The van der Waals surface area contributed by atoms with E-state index in [0.29, 0.717) is 11.4 Å². The van der Waals surface area contributed by atoms with Crippen LogP contribution < -0.4 is 14.4 Å². The lowest BCUT2D eigenvalue weighted by Crippen LogP contribution is -2.54. The summed E-state index contributed by atoms with van der Waals surface area (Å²) in [5.74, 6) is -0.129. The van der Waals surface area contributed by atoms with Crippen molar-refractivity contribution in [2.45, 2.75) is 55.6 Å². The highest BCUT2D eigenvalue weighted by Gasteiger charge is 2.35. The number of hydrogen-bond donors (Lipinski definition) is 1. The maximum Gasteiger partial charge on any atom is 0.264 e. The highest BCUT2D eigenvalue weighted by atomic mass is 32.2. The first-order valence-electron chi connectivity index (χ1n) is 15.2. The highest BCUT2D eigenvalue weighted by molar-refractivity contribution is 7.92. The molecule has 0 spiro atoms. The Hall–Kier alpha value is -4.63. The summed E-state index contributed by atoms with van der Waals surface area (Å²) in [7, 11) is -2.55. The van der Waals surface area contributed by atoms with E-state index in [4.69, 9.17) is 4.74 Å². The predicted octanol–water partition coefficient (Wildman–Crippen LogP) is 5.59. The second-order valence-electron chi connectivity index (χ2n) is 11.2. The maximum absolute atomic E-state index is 14.5. The molecule has 0 aliphatic heterocycles. The average Bonchev–Trinajstić information content (AvgIpc) is 3.59. The van der Waals surface area contributed by atoms with E-state index in [1.54, 1.807) is 55.6 Å². The topological polar surface area (TPSA) is 96.0 Å². The van der Waals surface area contributed by atoms with Crippen LogP contribution in [0.15, 0.2) is 120 Å². The van der Waals surface area contributed by atoms with Gasteiger partial charge in [0, 0.05) is 19.0 Å². The lowest BCUT2D eigenvalue weighted by atomic mass is 10.0. The number of amides is 2. The zero-order valence-corrected chi connectivity index (χ0v) is 26.2. The number of rotatable bonds is 13. The Bertz CT molecular complexity index is 1660. The summed E-state index contributed by atoms with van der Waals surface area (Å²) in [4.78, 5) is 30.2. The van der Waals surface area contributed by atoms with Crippen molar-refractivity contribution in [3.8, 4) is 5.75 Å². The van der Waals surface area contributed by atoms with E-state index in [9.17, 15) is 18.0 Å². The number of nitrogens with zero attached hydrogens (tertiary/aromatic N) is 2. The van der Waals surface area contributed by atoms with Gasteiger partial charge in [0.05, 0.1) is 17.7 Å². The Morgan fingerprint density at radius 2 is 1.42 bits per heavy atom. The molecule has 0 unspecified atom stereocenters. The molecule has 0 saturated heterocycles. The van der Waals surface area contributed by atoms with Gasteiger partial charge in [0.15, 0.2) is 0 Å². The van der Waals surface area contributed by atoms with Crippen LogP contribution in [0.4, 0.5) is 5.69 Å². The Morgan fingerprint density at radius 1 is 0.822 bits per heavy atom. The lowest BCUT2D eigenvalue weighted by Gasteiger charge is -2.34. The molecular formula is C36H39N3O5S. The Balaban J connectivity index is 1.55. The molecule has 45 heavy (non-hydrogen) atoms. The fourth-order valence-electron chi connectivity index (χ4n) is 5.73. The SMILES string of the molecule is COc1cccc(CN(C(=O)CN(c2ccccc2)S(=O)(=O)c2ccccc2)[C@@H](Cc2ccccc2)C(=O)NC2CCCC2)c1. The van der Waals surface area contributed by atoms with E-state index in [1.807, 2.05) is 54.6 Å². The first-order valence-corrected chi connectivity index (χ1v) is 16.7. The van der Waals surface area contributed by atoms with Gasteiger partial charge in [0.25, 0.3) is 10.0 Å². The van der Waals surface area contributed by atoms with E-state index in [-0.39, 0.29) is 29.8 Å². The molecule has 0 radical (unpaired) electrons. The molecule has 1 saturated carbocycles. The largest absolute Gasteiger partial charge is 0.497 e. The van der Waals surface area contributed by atoms with E-state index >= 15 is 0 Å². The third-order valence-electron chi connectivity index (χ3n) is 8.11. The van der Waals surface area contributed by atoms with Gasteiger partial charge < -0.3 is 15.0 Å². The van der Waals surface area contributed by atoms with Crippen LogP contribution >= 0.6 is 0 Å². The van der Waals surface area contributed by atoms with Crippen molar-refractivity contribution in [3.05, 3.63) is 126 Å². The summed E-state index contributed by atoms with van der Waals surface area (Å²) >= 11 is 0. The van der Waals surface area contributed by atoms with E-state index < -0.39 is 28.5 Å². The number of sulfonamides is 1. The van der Waals surface area contributed by atoms with Crippen LogP contribution in [0.25, 0.3) is 0 Å². The molecule has 0 aromatic heterocycles. The predicted molar refractivity (Wildman–Crippen MR) is 175 cm³/mol. The molecule has 5 rings (SSSR count). The number of carbonyl (C=O) groups is 2. The highest BCUT2D eigenvalue weighted by Crippen LogP contribution is 2.26. The van der Waals surface area contributed by atoms with Crippen molar-refractivity contribution in [1.29, 1.82) is 0 Å². The summed E-state index contributed by atoms with van der Waals surface area (Å²) in [6, 6.07) is 32.7. The Morgan fingerprint density at radius 3 is 2.07 bits per heavy atom. The van der Waals surface area contributed by atoms with Crippen molar-refractivity contribution in [1.82, 2.24) is 10.2 Å². The molecule has 2 amide bonds. The average molecular weight is 626 g/mol. The van der Waals surface area contributed by atoms with Crippen LogP contribution in [0.5, 0.6) is 5.75 Å². The van der Waals surface area contributed by atoms with Gasteiger partial charge in [0.2, 0.25) is 11.8 Å². The molecule has 4 aromatic rings. The molecule has 9 heteroatoms. The molecule has 1 aliphatic rings. The number of carbonyl (C=O) groups excluding carboxylic acids is 2. The van der Waals surface area contributed by atoms with Gasteiger partial charge in [-0.1, -0.05) is 91.7 Å². The first-order chi connectivity index (χ1) is 21.8. The molecular weight excluding hydrogens is 586 g/mol. The molecule has 1 N–H and O–H groups in total. The van der Waals surface area contributed by atoms with Crippen LogP contribution in [-0.4, -0.2) is 50.9 Å². The number of hydrogen-bond acceptors (Lipinski definition) is 5. The maximum atomic E-state index is 14.5. The third-order valence-corrected chi connectivity index (χ3v) is 9.90. The van der Waals surface area contributed by atoms with E-state index in [0.717, 1.165) is 41.1 Å². The van der Waals surface area contributed by atoms with E-state index in [1.165, 1.54) is 17.0 Å². The molecule has 1 fully saturated rings. The van der Waals surface area contributed by atoms with Crippen LogP contribution in [0, 0.1) is 0 Å². The van der Waals surface area contributed by atoms with Crippen LogP contribution in [0.3, 0.4) is 0 Å². The van der Waals surface area contributed by atoms with Crippen molar-refractivity contribution in [3.63, 3.8) is 0 Å². The van der Waals surface area contributed by atoms with Crippen molar-refractivity contribution in [2.24, 2.45) is 0 Å². The molecule has 1 atom stereocenters. The summed E-state index contributed by atoms with van der Waals surface area (Å²) in [6.07, 6.45) is 4.15. The number of para-hydroxylation sites is 1. The number of benzene rings is 4. The monoisotopic (exact) mass is 625 g/mol. The second-order valence-corrected chi connectivity index (χ2v) is 13.1. The van der Waals surface area contributed by atoms with Crippen molar-refractivity contribution >= 4 is 27.5 Å². The van der Waals surface area contributed by atoms with Crippen LogP contribution in [0.1, 0.15) is 36.8 Å². The minimum Gasteiger partial charge on any atom is -0.497 e. The first kappa shape index (κ1) is 31.8. The van der Waals surface area contributed by atoms with Crippen LogP contribution in [0.2, 0.25) is 0 Å². The molecule has 8 nitrogen and oxygen atoms in total. The second kappa shape index (κ2) is 14.9. The summed E-state index contributed by atoms with van der Waals surface area (Å²) in [5, 5.41) is 3.19. The van der Waals surface area contributed by atoms with Crippen molar-refractivity contribution in [2.75, 3.05) is 18.0 Å². The molecule has 234 valence electrons. The van der Waals surface area contributed by atoms with Gasteiger partial charge in [-0.2, -0.15) is 0 Å². The standard InChI is InChI=1S/C36H39N3O5S/c1-44-32-21-13-16-29(24-32)26-38(34(25-28-14-5-2-6-15-28)36(41)37-30-17-11-12-18-30)35(40)27-39(31-19-7-3-8-20-31)45(42,43)33-22-9-4-10-23-33/h2-10,13-16,19-24,30,34H,11-12,17-18,25-27H2,1H3,(H,37,41)/t34-/m0/s1. The number of nitrogens with one attached hydrogen (secondary N) is 1. The number of methoxy groups -OCH3 is 1. The fourth-order valence-corrected chi connectivity index (χ4v) is 7.17. The summed E-state index contributed by atoms with van der Waals surface area (Å²) in [5.41, 5.74) is 2.00. The minimum atomic E-state index is -4.12. The summed E-state index contributed by atoms with van der Waals surface area (Å²) < 4.78 is 34.6. The Labute approximate surface area is 265 Å². The van der Waals surface area contributed by atoms with Crippen molar-refractivity contribution < 1.29 is 22.7 Å². The van der Waals surface area contributed by atoms with Gasteiger partial charge in [-0.15, -0.1) is 0 Å². The van der Waals surface area contributed by atoms with Crippen LogP contribution in [-0.2, 0) is 32.6 Å². The zero-order valence-electron chi connectivity index (χ0n) is 25.4. The lowest BCUT2D eigenvalue weighted by molar-refractivity contribution is -0.140. The van der Waals surface area contributed by atoms with Gasteiger partial charge >= 0.3 is 0 Å². The Kier molecular flexibility index (Phi) is 10.5. The molecule has 1 aliphatic carbocycles.